The smallest absolute Gasteiger partial charge is 0.122 e. The highest BCUT2D eigenvalue weighted by molar-refractivity contribution is 5.43. The van der Waals surface area contributed by atoms with Crippen LogP contribution in [0, 0.1) is 0 Å². The van der Waals surface area contributed by atoms with Crippen molar-refractivity contribution in [3.63, 3.8) is 0 Å². The summed E-state index contributed by atoms with van der Waals surface area (Å²) in [5, 5.41) is 38.2. The van der Waals surface area contributed by atoms with Crippen LogP contribution >= 0.6 is 0 Å². The van der Waals surface area contributed by atoms with E-state index in [9.17, 15) is 20.4 Å². The van der Waals surface area contributed by atoms with Gasteiger partial charge >= 0.3 is 0 Å². The predicted molar refractivity (Wildman–Crippen MR) is 66.5 cm³/mol. The number of aliphatic hydroxyl groups is 2. The highest BCUT2D eigenvalue weighted by Crippen LogP contribution is 2.27. The minimum Gasteiger partial charge on any atom is -0.508 e. The Morgan fingerprint density at radius 1 is 1.22 bits per heavy atom. The first kappa shape index (κ1) is 13.1. The third kappa shape index (κ3) is 2.58. The van der Waals surface area contributed by atoms with Crippen molar-refractivity contribution in [2.24, 2.45) is 0 Å². The van der Waals surface area contributed by atoms with Crippen molar-refractivity contribution in [3.8, 4) is 11.5 Å². The summed E-state index contributed by atoms with van der Waals surface area (Å²) in [6.07, 6.45) is 0.646. The van der Waals surface area contributed by atoms with Crippen molar-refractivity contribution in [3.05, 3.63) is 23.8 Å². The SMILES string of the molecule is OC[C@@H]1C(O)CCN1CCc1c(O)cccc1O. The molecular formula is C13H19NO4. The molecule has 1 fully saturated rings. The zero-order valence-electron chi connectivity index (χ0n) is 10.2. The maximum atomic E-state index is 9.67. The Morgan fingerprint density at radius 3 is 2.50 bits per heavy atom. The first-order valence-electron chi connectivity index (χ1n) is 6.16. The van der Waals surface area contributed by atoms with Crippen LogP contribution in [0.5, 0.6) is 11.5 Å². The molecule has 1 aromatic rings. The molecular weight excluding hydrogens is 234 g/mol. The molecule has 0 saturated carbocycles. The molecule has 1 heterocycles. The first-order valence-corrected chi connectivity index (χ1v) is 6.16. The molecule has 2 rings (SSSR count). The zero-order chi connectivity index (χ0) is 13.1. The van der Waals surface area contributed by atoms with E-state index >= 15 is 0 Å². The van der Waals surface area contributed by atoms with Gasteiger partial charge in [-0.25, -0.2) is 0 Å². The van der Waals surface area contributed by atoms with Crippen molar-refractivity contribution in [1.82, 2.24) is 4.90 Å². The summed E-state index contributed by atoms with van der Waals surface area (Å²) in [7, 11) is 0. The lowest BCUT2D eigenvalue weighted by atomic mass is 10.1. The Labute approximate surface area is 106 Å². The lowest BCUT2D eigenvalue weighted by molar-refractivity contribution is 0.0718. The number of aromatic hydroxyl groups is 2. The topological polar surface area (TPSA) is 84.2 Å². The van der Waals surface area contributed by atoms with Gasteiger partial charge in [0.05, 0.1) is 18.8 Å². The molecule has 4 N–H and O–H groups in total. The van der Waals surface area contributed by atoms with E-state index in [4.69, 9.17) is 0 Å². The van der Waals surface area contributed by atoms with Crippen molar-refractivity contribution in [2.75, 3.05) is 19.7 Å². The van der Waals surface area contributed by atoms with Crippen molar-refractivity contribution in [2.45, 2.75) is 25.0 Å². The molecule has 1 aliphatic rings. The van der Waals surface area contributed by atoms with Crippen molar-refractivity contribution in [1.29, 1.82) is 0 Å². The number of aliphatic hydroxyl groups excluding tert-OH is 2. The molecule has 100 valence electrons. The lowest BCUT2D eigenvalue weighted by Gasteiger charge is -2.24. The van der Waals surface area contributed by atoms with E-state index in [2.05, 4.69) is 0 Å². The molecule has 0 radical (unpaired) electrons. The number of hydrogen-bond acceptors (Lipinski definition) is 5. The van der Waals surface area contributed by atoms with E-state index in [1.807, 2.05) is 4.90 Å². The van der Waals surface area contributed by atoms with Gasteiger partial charge in [0.1, 0.15) is 11.5 Å². The number of phenols is 2. The van der Waals surface area contributed by atoms with E-state index in [0.717, 1.165) is 6.54 Å². The predicted octanol–water partition coefficient (Wildman–Crippen LogP) is 0.0678. The summed E-state index contributed by atoms with van der Waals surface area (Å²) in [5.41, 5.74) is 0.510. The van der Waals surface area contributed by atoms with Gasteiger partial charge in [0.25, 0.3) is 0 Å². The molecule has 5 heteroatoms. The van der Waals surface area contributed by atoms with Gasteiger partial charge in [0.2, 0.25) is 0 Å². The molecule has 2 atom stereocenters. The Kier molecular flexibility index (Phi) is 4.06. The van der Waals surface area contributed by atoms with Crippen LogP contribution in [0.3, 0.4) is 0 Å². The van der Waals surface area contributed by atoms with Crippen LogP contribution in [0.4, 0.5) is 0 Å². The lowest BCUT2D eigenvalue weighted by Crippen LogP contribution is -2.39. The van der Waals surface area contributed by atoms with Gasteiger partial charge in [0, 0.05) is 18.7 Å². The summed E-state index contributed by atoms with van der Waals surface area (Å²) < 4.78 is 0. The highest BCUT2D eigenvalue weighted by Gasteiger charge is 2.31. The van der Waals surface area contributed by atoms with Gasteiger partial charge in [-0.1, -0.05) is 6.07 Å². The Hall–Kier alpha value is -1.30. The second kappa shape index (κ2) is 5.56. The Balaban J connectivity index is 1.99. The number of rotatable bonds is 4. The number of likely N-dealkylation sites (tertiary alicyclic amines) is 1. The monoisotopic (exact) mass is 253 g/mol. The third-order valence-electron chi connectivity index (χ3n) is 3.59. The molecule has 18 heavy (non-hydrogen) atoms. The van der Waals surface area contributed by atoms with Crippen LogP contribution < -0.4 is 0 Å². The van der Waals surface area contributed by atoms with E-state index in [1.54, 1.807) is 6.07 Å². The minimum absolute atomic E-state index is 0.0755. The average Bonchev–Trinajstić information content (AvgIpc) is 2.69. The maximum absolute atomic E-state index is 9.67. The molecule has 0 spiro atoms. The fraction of sp³-hybridized carbons (Fsp3) is 0.538. The summed E-state index contributed by atoms with van der Waals surface area (Å²) in [5.74, 6) is 0.158. The molecule has 1 unspecified atom stereocenters. The van der Waals surface area contributed by atoms with Gasteiger partial charge in [0.15, 0.2) is 0 Å². The number of hydrogen-bond donors (Lipinski definition) is 4. The van der Waals surface area contributed by atoms with Crippen LogP contribution in [0.15, 0.2) is 18.2 Å². The molecule has 0 aromatic heterocycles. The van der Waals surface area contributed by atoms with Crippen LogP contribution in [-0.4, -0.2) is 57.2 Å². The fourth-order valence-electron chi connectivity index (χ4n) is 2.49. The summed E-state index contributed by atoms with van der Waals surface area (Å²) in [6.45, 7) is 1.24. The Morgan fingerprint density at radius 2 is 1.89 bits per heavy atom. The molecule has 5 nitrogen and oxygen atoms in total. The second-order valence-electron chi connectivity index (χ2n) is 4.67. The highest BCUT2D eigenvalue weighted by atomic mass is 16.3. The fourth-order valence-corrected chi connectivity index (χ4v) is 2.49. The molecule has 1 aliphatic heterocycles. The molecule has 0 bridgehead atoms. The maximum Gasteiger partial charge on any atom is 0.122 e. The second-order valence-corrected chi connectivity index (χ2v) is 4.67. The van der Waals surface area contributed by atoms with Crippen LogP contribution in [0.2, 0.25) is 0 Å². The summed E-state index contributed by atoms with van der Waals surface area (Å²) in [6, 6.07) is 4.43. The molecule has 0 amide bonds. The van der Waals surface area contributed by atoms with Crippen LogP contribution in [0.25, 0.3) is 0 Å². The van der Waals surface area contributed by atoms with E-state index in [-0.39, 0.29) is 24.1 Å². The standard InChI is InChI=1S/C13H19NO4/c15-8-10-13(18)5-7-14(10)6-4-9-11(16)2-1-3-12(9)17/h1-3,10,13,15-18H,4-8H2/t10-,13?/m1/s1. The largest absolute Gasteiger partial charge is 0.508 e. The van der Waals surface area contributed by atoms with Gasteiger partial charge < -0.3 is 20.4 Å². The average molecular weight is 253 g/mol. The molecule has 0 aliphatic carbocycles. The van der Waals surface area contributed by atoms with Gasteiger partial charge in [-0.2, -0.15) is 0 Å². The first-order chi connectivity index (χ1) is 8.63. The van der Waals surface area contributed by atoms with Gasteiger partial charge in [-0.15, -0.1) is 0 Å². The van der Waals surface area contributed by atoms with Gasteiger partial charge in [-0.3, -0.25) is 4.90 Å². The number of benzene rings is 1. The summed E-state index contributed by atoms with van der Waals surface area (Å²) in [4.78, 5) is 1.98. The van der Waals surface area contributed by atoms with E-state index < -0.39 is 6.10 Å². The normalized spacial score (nSPS) is 24.6. The van der Waals surface area contributed by atoms with Crippen molar-refractivity contribution < 1.29 is 20.4 Å². The molecule has 1 aromatic carbocycles. The Bertz CT molecular complexity index is 390. The summed E-state index contributed by atoms with van der Waals surface area (Å²) >= 11 is 0. The van der Waals surface area contributed by atoms with Crippen LogP contribution in [-0.2, 0) is 6.42 Å². The quantitative estimate of drug-likeness (QED) is 0.610. The van der Waals surface area contributed by atoms with Gasteiger partial charge in [-0.05, 0) is 25.0 Å². The van der Waals surface area contributed by atoms with E-state index in [1.165, 1.54) is 12.1 Å². The van der Waals surface area contributed by atoms with Crippen molar-refractivity contribution >= 4 is 0 Å². The zero-order valence-corrected chi connectivity index (χ0v) is 10.2. The number of nitrogens with zero attached hydrogens (tertiary/aromatic N) is 1. The van der Waals surface area contributed by atoms with E-state index in [0.29, 0.717) is 24.9 Å². The minimum atomic E-state index is -0.493. The van der Waals surface area contributed by atoms with Crippen LogP contribution in [0.1, 0.15) is 12.0 Å². The number of phenolic OH excluding ortho intramolecular Hbond substituents is 2. The molecule has 1 saturated heterocycles. The third-order valence-corrected chi connectivity index (χ3v) is 3.59.